The minimum Gasteiger partial charge on any atom is -0.318 e. The van der Waals surface area contributed by atoms with E-state index in [0.29, 0.717) is 17.9 Å². The summed E-state index contributed by atoms with van der Waals surface area (Å²) in [4.78, 5) is 18.8. The molecule has 1 N–H and O–H groups in total. The van der Waals surface area contributed by atoms with Gasteiger partial charge in [-0.15, -0.1) is 5.10 Å². The van der Waals surface area contributed by atoms with Gasteiger partial charge in [-0.3, -0.25) is 0 Å². The standard InChI is InChI=1S/C17H18BrN5O/c1-10-6-12-9-13(7-10)23(12)17(24)21-11-2-3-15(18)14(8-11)16-19-4-5-20-22-16/h2-5,8,10,12-13H,6-7,9H2,1H3,(H,21,24)/t10?,12-,13+. The number of amides is 2. The Morgan fingerprint density at radius 1 is 1.25 bits per heavy atom. The average Bonchev–Trinajstić information content (AvgIpc) is 2.57. The van der Waals surface area contributed by atoms with Crippen molar-refractivity contribution in [3.63, 3.8) is 0 Å². The molecule has 1 aromatic heterocycles. The van der Waals surface area contributed by atoms with Crippen LogP contribution in [0.4, 0.5) is 10.5 Å². The minimum atomic E-state index is -0.0106. The van der Waals surface area contributed by atoms with Crippen molar-refractivity contribution in [1.29, 1.82) is 0 Å². The molecule has 3 fully saturated rings. The lowest BCUT2D eigenvalue weighted by molar-refractivity contribution is -0.00600. The molecule has 5 rings (SSSR count). The van der Waals surface area contributed by atoms with Gasteiger partial charge in [-0.2, -0.15) is 5.10 Å². The molecule has 3 atom stereocenters. The van der Waals surface area contributed by atoms with Gasteiger partial charge in [0.25, 0.3) is 0 Å². The number of halogens is 1. The number of carbonyl (C=O) groups excluding carboxylic acids is 1. The Morgan fingerprint density at radius 3 is 2.75 bits per heavy atom. The lowest BCUT2D eigenvalue weighted by atomic mass is 9.74. The van der Waals surface area contributed by atoms with Crippen molar-refractivity contribution in [2.24, 2.45) is 5.92 Å². The van der Waals surface area contributed by atoms with Crippen LogP contribution in [0.15, 0.2) is 35.1 Å². The highest BCUT2D eigenvalue weighted by Crippen LogP contribution is 2.41. The molecule has 2 amide bonds. The summed E-state index contributed by atoms with van der Waals surface area (Å²) in [5.74, 6) is 1.25. The van der Waals surface area contributed by atoms with Gasteiger partial charge < -0.3 is 10.2 Å². The van der Waals surface area contributed by atoms with Crippen LogP contribution in [0.25, 0.3) is 11.4 Å². The third-order valence-corrected chi connectivity index (χ3v) is 5.55. The Kier molecular flexibility index (Phi) is 3.96. The first-order chi connectivity index (χ1) is 11.6. The first kappa shape index (κ1) is 15.5. The second-order valence-corrected chi connectivity index (χ2v) is 7.47. The zero-order chi connectivity index (χ0) is 16.7. The zero-order valence-corrected chi connectivity index (χ0v) is 14.9. The third-order valence-electron chi connectivity index (χ3n) is 4.86. The summed E-state index contributed by atoms with van der Waals surface area (Å²) >= 11 is 3.50. The second kappa shape index (κ2) is 6.12. The maximum absolute atomic E-state index is 12.6. The van der Waals surface area contributed by atoms with E-state index in [2.05, 4.69) is 43.4 Å². The number of aromatic nitrogens is 3. The smallest absolute Gasteiger partial charge is 0.318 e. The van der Waals surface area contributed by atoms with Gasteiger partial charge in [-0.05, 0) is 43.4 Å². The molecule has 3 heterocycles. The summed E-state index contributed by atoms with van der Waals surface area (Å²) in [6.45, 7) is 2.27. The number of carbonyl (C=O) groups is 1. The monoisotopic (exact) mass is 387 g/mol. The van der Waals surface area contributed by atoms with E-state index in [4.69, 9.17) is 0 Å². The number of benzene rings is 1. The van der Waals surface area contributed by atoms with Crippen molar-refractivity contribution in [2.75, 3.05) is 5.32 Å². The minimum absolute atomic E-state index is 0.0106. The van der Waals surface area contributed by atoms with Crippen molar-refractivity contribution in [2.45, 2.75) is 38.3 Å². The van der Waals surface area contributed by atoms with Gasteiger partial charge in [0.15, 0.2) is 5.82 Å². The molecule has 2 aromatic rings. The van der Waals surface area contributed by atoms with Gasteiger partial charge in [-0.25, -0.2) is 9.78 Å². The molecule has 3 aliphatic rings. The number of hydrogen-bond acceptors (Lipinski definition) is 4. The number of urea groups is 1. The van der Waals surface area contributed by atoms with Crippen molar-refractivity contribution >= 4 is 27.6 Å². The molecular weight excluding hydrogens is 370 g/mol. The summed E-state index contributed by atoms with van der Waals surface area (Å²) in [5.41, 5.74) is 1.54. The molecule has 1 unspecified atom stereocenters. The highest BCUT2D eigenvalue weighted by molar-refractivity contribution is 9.10. The number of nitrogens with one attached hydrogen (secondary N) is 1. The Hall–Kier alpha value is -2.02. The van der Waals surface area contributed by atoms with Crippen LogP contribution in [0, 0.1) is 5.92 Å². The van der Waals surface area contributed by atoms with Crippen LogP contribution in [0.5, 0.6) is 0 Å². The summed E-state index contributed by atoms with van der Waals surface area (Å²) in [6.07, 6.45) is 6.50. The predicted molar refractivity (Wildman–Crippen MR) is 94.4 cm³/mol. The van der Waals surface area contributed by atoms with Gasteiger partial charge in [0.2, 0.25) is 0 Å². The van der Waals surface area contributed by atoms with Crippen LogP contribution in [-0.4, -0.2) is 38.2 Å². The van der Waals surface area contributed by atoms with Gasteiger partial charge in [-0.1, -0.05) is 22.9 Å². The fraction of sp³-hybridized carbons (Fsp3) is 0.412. The molecule has 124 valence electrons. The number of rotatable bonds is 2. The van der Waals surface area contributed by atoms with E-state index in [0.717, 1.165) is 40.9 Å². The van der Waals surface area contributed by atoms with Crippen molar-refractivity contribution < 1.29 is 4.79 Å². The summed E-state index contributed by atoms with van der Waals surface area (Å²) in [7, 11) is 0. The number of piperidine rings is 1. The molecule has 7 heteroatoms. The lowest BCUT2D eigenvalue weighted by Gasteiger charge is -2.54. The highest BCUT2D eigenvalue weighted by atomic mass is 79.9. The Balaban J connectivity index is 1.52. The fourth-order valence-electron chi connectivity index (χ4n) is 3.81. The maximum atomic E-state index is 12.6. The SMILES string of the molecule is CC1C[C@@H]2C[C@H](C1)N2C(=O)Nc1ccc(Br)c(-c2nccnn2)c1. The van der Waals surface area contributed by atoms with E-state index in [1.54, 1.807) is 6.20 Å². The van der Waals surface area contributed by atoms with Crippen LogP contribution >= 0.6 is 15.9 Å². The number of nitrogens with zero attached hydrogens (tertiary/aromatic N) is 4. The summed E-state index contributed by atoms with van der Waals surface area (Å²) in [6, 6.07) is 6.42. The van der Waals surface area contributed by atoms with Crippen LogP contribution in [0.1, 0.15) is 26.2 Å². The predicted octanol–water partition coefficient (Wildman–Crippen LogP) is 3.71. The molecular formula is C17H18BrN5O. The van der Waals surface area contributed by atoms with Crippen molar-refractivity contribution in [3.05, 3.63) is 35.1 Å². The third kappa shape index (κ3) is 2.77. The first-order valence-electron chi connectivity index (χ1n) is 8.14. The zero-order valence-electron chi connectivity index (χ0n) is 13.3. The quantitative estimate of drug-likeness (QED) is 0.852. The molecule has 1 aromatic carbocycles. The largest absolute Gasteiger partial charge is 0.322 e. The van der Waals surface area contributed by atoms with Crippen LogP contribution in [-0.2, 0) is 0 Å². The van der Waals surface area contributed by atoms with Gasteiger partial charge in [0.05, 0.1) is 6.20 Å². The van der Waals surface area contributed by atoms with E-state index in [1.807, 2.05) is 23.1 Å². The Labute approximate surface area is 148 Å². The Bertz CT molecular complexity index is 757. The summed E-state index contributed by atoms with van der Waals surface area (Å²) < 4.78 is 0.864. The second-order valence-electron chi connectivity index (χ2n) is 6.62. The number of hydrogen-bond donors (Lipinski definition) is 1. The van der Waals surface area contributed by atoms with Gasteiger partial charge in [0.1, 0.15) is 0 Å². The van der Waals surface area contributed by atoms with E-state index >= 15 is 0 Å². The summed E-state index contributed by atoms with van der Waals surface area (Å²) in [5, 5.41) is 10.9. The molecule has 2 aliphatic heterocycles. The molecule has 0 spiro atoms. The van der Waals surface area contributed by atoms with Crippen molar-refractivity contribution in [1.82, 2.24) is 20.1 Å². The van der Waals surface area contributed by atoms with Crippen LogP contribution < -0.4 is 5.32 Å². The molecule has 6 nitrogen and oxygen atoms in total. The fourth-order valence-corrected chi connectivity index (χ4v) is 4.24. The molecule has 2 bridgehead atoms. The van der Waals surface area contributed by atoms with E-state index < -0.39 is 0 Å². The molecule has 2 saturated heterocycles. The molecule has 1 saturated carbocycles. The first-order valence-corrected chi connectivity index (χ1v) is 8.94. The molecule has 1 aliphatic carbocycles. The number of fused-ring (bicyclic) bond motifs is 2. The normalized spacial score (nSPS) is 25.1. The number of anilines is 1. The average molecular weight is 388 g/mol. The van der Waals surface area contributed by atoms with Crippen molar-refractivity contribution in [3.8, 4) is 11.4 Å². The molecule has 24 heavy (non-hydrogen) atoms. The van der Waals surface area contributed by atoms with E-state index in [9.17, 15) is 4.79 Å². The maximum Gasteiger partial charge on any atom is 0.322 e. The lowest BCUT2D eigenvalue weighted by Crippen LogP contribution is -2.63. The van der Waals surface area contributed by atoms with E-state index in [-0.39, 0.29) is 6.03 Å². The van der Waals surface area contributed by atoms with E-state index in [1.165, 1.54) is 6.20 Å². The van der Waals surface area contributed by atoms with Crippen LogP contribution in [0.3, 0.4) is 0 Å². The highest BCUT2D eigenvalue weighted by Gasteiger charge is 2.46. The van der Waals surface area contributed by atoms with Gasteiger partial charge >= 0.3 is 6.03 Å². The topological polar surface area (TPSA) is 71.0 Å². The van der Waals surface area contributed by atoms with Gasteiger partial charge in [0, 0.05) is 34.0 Å². The van der Waals surface area contributed by atoms with Crippen LogP contribution in [0.2, 0.25) is 0 Å². The Morgan fingerprint density at radius 2 is 2.04 bits per heavy atom. The molecule has 0 radical (unpaired) electrons.